The maximum absolute atomic E-state index is 2.48. The van der Waals surface area contributed by atoms with Crippen LogP contribution in [0.1, 0.15) is 37.5 Å². The van der Waals surface area contributed by atoms with Crippen LogP contribution in [-0.2, 0) is 6.54 Å². The molecule has 126 valence electrons. The van der Waals surface area contributed by atoms with Crippen molar-refractivity contribution in [2.24, 2.45) is 0 Å². The molecule has 2 heterocycles. The first kappa shape index (κ1) is 18.3. The summed E-state index contributed by atoms with van der Waals surface area (Å²) in [7, 11) is -0.218. The molecule has 23 heavy (non-hydrogen) atoms. The minimum atomic E-state index is -0.218. The van der Waals surface area contributed by atoms with Crippen LogP contribution >= 0.6 is 0 Å². The number of benzene rings is 1. The molecule has 5 heteroatoms. The van der Waals surface area contributed by atoms with E-state index in [1.807, 2.05) is 0 Å². The van der Waals surface area contributed by atoms with Crippen molar-refractivity contribution < 1.29 is 26.4 Å². The van der Waals surface area contributed by atoms with Gasteiger partial charge in [-0.15, -0.1) is 0 Å². The Hall–Kier alpha value is -1.07. The number of halogens is 1. The number of aromatic nitrogens is 2. The van der Waals surface area contributed by atoms with Gasteiger partial charge in [0.15, 0.2) is 0 Å². The van der Waals surface area contributed by atoms with Gasteiger partial charge in [-0.3, -0.25) is 4.57 Å². The first-order chi connectivity index (χ1) is 10.3. The molecule has 3 rings (SSSR count). The number of fused-ring (bicyclic) bond motifs is 1. The van der Waals surface area contributed by atoms with Gasteiger partial charge in [0.2, 0.25) is 0 Å². The van der Waals surface area contributed by atoms with Crippen LogP contribution in [-0.4, -0.2) is 24.1 Å². The molecule has 1 aromatic heterocycles. The average molecular weight is 378 g/mol. The van der Waals surface area contributed by atoms with Gasteiger partial charge in [-0.25, -0.2) is 4.57 Å². The molecule has 1 atom stereocenters. The van der Waals surface area contributed by atoms with E-state index in [-0.39, 0.29) is 24.4 Å². The molecule has 0 amide bonds. The van der Waals surface area contributed by atoms with Gasteiger partial charge in [0.25, 0.3) is 7.41 Å². The van der Waals surface area contributed by atoms with Gasteiger partial charge < -0.3 is 21.8 Å². The number of hydrogen-bond acceptors (Lipinski definition) is 0. The molecule has 1 aliphatic rings. The van der Waals surface area contributed by atoms with E-state index in [2.05, 4.69) is 75.2 Å². The smallest absolute Gasteiger partial charge is 0.296 e. The predicted molar refractivity (Wildman–Crippen MR) is 93.9 cm³/mol. The zero-order chi connectivity index (χ0) is 16.1. The molecular weight excluding hydrogens is 349 g/mol. The molecular formula is C18H29BBrN3. The summed E-state index contributed by atoms with van der Waals surface area (Å²) in [6, 6.07) is 4.60. The third-order valence-electron chi connectivity index (χ3n) is 5.57. The Morgan fingerprint density at radius 3 is 2.30 bits per heavy atom. The summed E-state index contributed by atoms with van der Waals surface area (Å²) >= 11 is 0. The topological polar surface area (TPSA) is 13.2 Å². The molecule has 2 aromatic rings. The third kappa shape index (κ3) is 3.41. The van der Waals surface area contributed by atoms with Crippen molar-refractivity contribution in [3.63, 3.8) is 0 Å². The van der Waals surface area contributed by atoms with Crippen LogP contribution in [0.25, 0.3) is 5.69 Å². The molecule has 0 fully saturated rings. The van der Waals surface area contributed by atoms with Crippen molar-refractivity contribution in [3.05, 3.63) is 41.2 Å². The maximum atomic E-state index is 2.48. The Morgan fingerprint density at radius 2 is 1.74 bits per heavy atom. The quantitative estimate of drug-likeness (QED) is 0.404. The highest BCUT2D eigenvalue weighted by Gasteiger charge is 2.31. The van der Waals surface area contributed by atoms with Crippen LogP contribution in [0.5, 0.6) is 0 Å². The standard InChI is InChI=1S/C18H29BN3.BrH/c1-13-11-14(2)16(15(3)12-13)21-9-7-20-8-10-22(18(4,5)6)19-17(20)21;/h7,9,11-12,22H,8,10,19H2,1-6H3;1H/q+1;/p-1. The second-order valence-corrected chi connectivity index (χ2v) is 8.19. The number of hydrogen-bond donors (Lipinski definition) is 1. The second-order valence-electron chi connectivity index (χ2n) is 8.19. The normalized spacial score (nSPS) is 17.6. The molecule has 1 aromatic carbocycles. The Labute approximate surface area is 151 Å². The fourth-order valence-electron chi connectivity index (χ4n) is 4.22. The van der Waals surface area contributed by atoms with Crippen molar-refractivity contribution in [3.8, 4) is 5.69 Å². The van der Waals surface area contributed by atoms with E-state index in [0.717, 1.165) is 6.54 Å². The summed E-state index contributed by atoms with van der Waals surface area (Å²) in [5.74, 6) is 0. The van der Waals surface area contributed by atoms with Gasteiger partial charge in [0, 0.05) is 5.54 Å². The van der Waals surface area contributed by atoms with E-state index in [1.54, 1.807) is 10.5 Å². The number of rotatable bonds is 1. The lowest BCUT2D eigenvalue weighted by molar-refractivity contribution is -0.877. The van der Waals surface area contributed by atoms with Gasteiger partial charge in [-0.05, 0) is 52.7 Å². The summed E-state index contributed by atoms with van der Waals surface area (Å²) in [5.41, 5.74) is 7.40. The zero-order valence-electron chi connectivity index (χ0n) is 15.5. The Kier molecular flexibility index (Phi) is 5.12. The molecule has 3 nitrogen and oxygen atoms in total. The number of imidazole rings is 1. The summed E-state index contributed by atoms with van der Waals surface area (Å²) in [5, 5.41) is 0. The van der Waals surface area contributed by atoms with Crippen LogP contribution in [0.4, 0.5) is 0 Å². The van der Waals surface area contributed by atoms with Crippen LogP contribution in [0.15, 0.2) is 24.5 Å². The highest BCUT2D eigenvalue weighted by Crippen LogP contribution is 2.19. The molecule has 1 N–H and O–H groups in total. The van der Waals surface area contributed by atoms with Crippen LogP contribution < -0.4 is 32.1 Å². The SMILES string of the molecule is Cc1cc(C)c(-n2cc[n+]3c2[BH2-][NH+](C(C)(C)C)CC3)c(C)c1.[Br-]. The Balaban J connectivity index is 0.00000192. The molecule has 0 bridgehead atoms. The Bertz CT molecular complexity index is 693. The van der Waals surface area contributed by atoms with E-state index in [9.17, 15) is 0 Å². The molecule has 1 unspecified atom stereocenters. The summed E-state index contributed by atoms with van der Waals surface area (Å²) in [6.45, 7) is 16.2. The molecule has 0 spiro atoms. The van der Waals surface area contributed by atoms with E-state index >= 15 is 0 Å². The first-order valence-corrected chi connectivity index (χ1v) is 8.60. The lowest BCUT2D eigenvalue weighted by Gasteiger charge is -2.40. The fourth-order valence-corrected chi connectivity index (χ4v) is 4.22. The lowest BCUT2D eigenvalue weighted by atomic mass is 9.81. The second kappa shape index (κ2) is 6.44. The summed E-state index contributed by atoms with van der Waals surface area (Å²) in [4.78, 5) is 1.79. The van der Waals surface area contributed by atoms with E-state index in [4.69, 9.17) is 0 Å². The van der Waals surface area contributed by atoms with Crippen molar-refractivity contribution in [1.82, 2.24) is 4.57 Å². The molecule has 1 aliphatic heterocycles. The summed E-state index contributed by atoms with van der Waals surface area (Å²) < 4.78 is 4.95. The lowest BCUT2D eigenvalue weighted by Crippen LogP contribution is -3.24. The van der Waals surface area contributed by atoms with E-state index < -0.39 is 0 Å². The monoisotopic (exact) mass is 377 g/mol. The van der Waals surface area contributed by atoms with Gasteiger partial charge in [0.1, 0.15) is 30.3 Å². The fraction of sp³-hybridized carbons (Fsp3) is 0.500. The van der Waals surface area contributed by atoms with E-state index in [0.29, 0.717) is 5.54 Å². The Morgan fingerprint density at radius 1 is 1.13 bits per heavy atom. The first-order valence-electron chi connectivity index (χ1n) is 8.60. The average Bonchev–Trinajstić information content (AvgIpc) is 2.80. The largest absolute Gasteiger partial charge is 1.00 e. The zero-order valence-corrected chi connectivity index (χ0v) is 17.1. The maximum Gasteiger partial charge on any atom is 0.296 e. The van der Waals surface area contributed by atoms with Gasteiger partial charge >= 0.3 is 0 Å². The van der Waals surface area contributed by atoms with Crippen LogP contribution in [0, 0.1) is 20.8 Å². The predicted octanol–water partition coefficient (Wildman–Crippen LogP) is -2.90. The van der Waals surface area contributed by atoms with Crippen molar-refractivity contribution in [2.45, 2.75) is 53.6 Å². The minimum Gasteiger partial charge on any atom is -1.00 e. The van der Waals surface area contributed by atoms with Crippen molar-refractivity contribution in [1.29, 1.82) is 0 Å². The van der Waals surface area contributed by atoms with Crippen molar-refractivity contribution >= 4 is 13.1 Å². The minimum absolute atomic E-state index is 0. The molecule has 0 saturated heterocycles. The molecule has 0 radical (unpaired) electrons. The molecule has 0 saturated carbocycles. The van der Waals surface area contributed by atoms with Crippen LogP contribution in [0.3, 0.4) is 0 Å². The highest BCUT2D eigenvalue weighted by atomic mass is 79.9. The third-order valence-corrected chi connectivity index (χ3v) is 5.57. The van der Waals surface area contributed by atoms with Crippen LogP contribution in [0.2, 0.25) is 0 Å². The van der Waals surface area contributed by atoms with Gasteiger partial charge in [-0.1, -0.05) is 17.7 Å². The number of nitrogens with one attached hydrogen (secondary N) is 1. The van der Waals surface area contributed by atoms with Gasteiger partial charge in [-0.2, -0.15) is 0 Å². The number of aryl methyl sites for hydroxylation is 3. The van der Waals surface area contributed by atoms with Gasteiger partial charge in [0.05, 0.1) is 6.54 Å². The number of nitrogens with zero attached hydrogens (tertiary/aromatic N) is 2. The molecule has 0 aliphatic carbocycles. The summed E-state index contributed by atoms with van der Waals surface area (Å²) in [6.07, 6.45) is 4.55. The number of quaternary nitrogens is 1. The van der Waals surface area contributed by atoms with E-state index in [1.165, 1.54) is 28.9 Å². The highest BCUT2D eigenvalue weighted by molar-refractivity contribution is 6.42. The van der Waals surface area contributed by atoms with Crippen molar-refractivity contribution in [2.75, 3.05) is 6.54 Å².